The topological polar surface area (TPSA) is 73.8 Å². The van der Waals surface area contributed by atoms with Gasteiger partial charge in [-0.15, -0.1) is 0 Å². The van der Waals surface area contributed by atoms with Crippen LogP contribution in [0.15, 0.2) is 58.1 Å². The Labute approximate surface area is 160 Å². The maximum atomic E-state index is 12.9. The zero-order valence-electron chi connectivity index (χ0n) is 13.9. The number of benzene rings is 2. The lowest BCUT2D eigenvalue weighted by Crippen LogP contribution is -2.21. The molecule has 0 spiro atoms. The number of rotatable bonds is 3. The standard InChI is InChI=1S/C18H10ClF3N4O2/c19-12-4-5-14-13(7-12)17(27)26(9-23-14)8-15-24-16(25-28-15)10-2-1-3-11(6-10)18(20,21)22/h1-7,9H,8H2. The first kappa shape index (κ1) is 18.2. The molecule has 0 fully saturated rings. The van der Waals surface area contributed by atoms with Crippen LogP contribution in [0.25, 0.3) is 22.3 Å². The Balaban J connectivity index is 1.65. The average molecular weight is 407 g/mol. The maximum absolute atomic E-state index is 12.9. The van der Waals surface area contributed by atoms with E-state index in [0.29, 0.717) is 15.9 Å². The van der Waals surface area contributed by atoms with Gasteiger partial charge in [-0.3, -0.25) is 9.36 Å². The molecule has 0 unspecified atom stereocenters. The summed E-state index contributed by atoms with van der Waals surface area (Å²) in [6.07, 6.45) is -3.15. The van der Waals surface area contributed by atoms with E-state index >= 15 is 0 Å². The van der Waals surface area contributed by atoms with Gasteiger partial charge in [0.2, 0.25) is 11.7 Å². The fraction of sp³-hybridized carbons (Fsp3) is 0.111. The van der Waals surface area contributed by atoms with Crippen LogP contribution in [0.4, 0.5) is 13.2 Å². The van der Waals surface area contributed by atoms with Gasteiger partial charge in [0.05, 0.1) is 22.8 Å². The molecule has 0 atom stereocenters. The van der Waals surface area contributed by atoms with Crippen molar-refractivity contribution in [1.82, 2.24) is 19.7 Å². The fourth-order valence-electron chi connectivity index (χ4n) is 2.66. The minimum absolute atomic E-state index is 0.00839. The molecule has 0 N–H and O–H groups in total. The smallest absolute Gasteiger partial charge is 0.337 e. The first-order valence-corrected chi connectivity index (χ1v) is 8.34. The molecule has 10 heteroatoms. The third kappa shape index (κ3) is 3.48. The van der Waals surface area contributed by atoms with Gasteiger partial charge in [0, 0.05) is 10.6 Å². The number of nitrogens with zero attached hydrogens (tertiary/aromatic N) is 4. The molecule has 0 amide bonds. The highest BCUT2D eigenvalue weighted by Crippen LogP contribution is 2.31. The molecule has 2 heterocycles. The van der Waals surface area contributed by atoms with E-state index < -0.39 is 11.7 Å². The van der Waals surface area contributed by atoms with Gasteiger partial charge < -0.3 is 4.52 Å². The SMILES string of the molecule is O=c1c2cc(Cl)ccc2ncn1Cc1nc(-c2cccc(C(F)(F)F)c2)no1. The van der Waals surface area contributed by atoms with Crippen molar-refractivity contribution in [2.24, 2.45) is 0 Å². The molecule has 2 aromatic heterocycles. The van der Waals surface area contributed by atoms with Crippen LogP contribution in [-0.2, 0) is 12.7 Å². The number of hydrogen-bond donors (Lipinski definition) is 0. The van der Waals surface area contributed by atoms with Crippen molar-refractivity contribution in [3.63, 3.8) is 0 Å². The van der Waals surface area contributed by atoms with Crippen LogP contribution in [0.5, 0.6) is 0 Å². The minimum Gasteiger partial charge on any atom is -0.337 e. The van der Waals surface area contributed by atoms with E-state index in [1.807, 2.05) is 0 Å². The van der Waals surface area contributed by atoms with E-state index in [1.165, 1.54) is 29.1 Å². The molecule has 0 aliphatic heterocycles. The molecular formula is C18H10ClF3N4O2. The van der Waals surface area contributed by atoms with Crippen LogP contribution in [0.3, 0.4) is 0 Å². The van der Waals surface area contributed by atoms with E-state index in [0.717, 1.165) is 12.1 Å². The molecule has 0 aliphatic carbocycles. The second-order valence-electron chi connectivity index (χ2n) is 5.93. The van der Waals surface area contributed by atoms with Gasteiger partial charge in [-0.25, -0.2) is 4.98 Å². The van der Waals surface area contributed by atoms with Gasteiger partial charge in [0.25, 0.3) is 5.56 Å². The first-order valence-electron chi connectivity index (χ1n) is 7.96. The summed E-state index contributed by atoms with van der Waals surface area (Å²) in [6, 6.07) is 9.34. The van der Waals surface area contributed by atoms with E-state index in [2.05, 4.69) is 15.1 Å². The average Bonchev–Trinajstić information content (AvgIpc) is 3.13. The Morgan fingerprint density at radius 3 is 2.75 bits per heavy atom. The highest BCUT2D eigenvalue weighted by molar-refractivity contribution is 6.31. The molecule has 4 rings (SSSR count). The predicted octanol–water partition coefficient (Wildman–Crippen LogP) is 4.17. The summed E-state index contributed by atoms with van der Waals surface area (Å²) in [5.74, 6) is 0.0450. The molecule has 0 saturated heterocycles. The van der Waals surface area contributed by atoms with Crippen LogP contribution in [0, 0.1) is 0 Å². The highest BCUT2D eigenvalue weighted by atomic mass is 35.5. The molecule has 0 bridgehead atoms. The molecule has 0 radical (unpaired) electrons. The zero-order chi connectivity index (χ0) is 19.9. The molecule has 0 aliphatic rings. The Hall–Kier alpha value is -3.20. The first-order chi connectivity index (χ1) is 13.3. The van der Waals surface area contributed by atoms with Crippen LogP contribution in [0.2, 0.25) is 5.02 Å². The van der Waals surface area contributed by atoms with Crippen molar-refractivity contribution in [1.29, 1.82) is 0 Å². The third-order valence-corrected chi connectivity index (χ3v) is 4.24. The van der Waals surface area contributed by atoms with Crippen molar-refractivity contribution in [2.75, 3.05) is 0 Å². The van der Waals surface area contributed by atoms with E-state index in [1.54, 1.807) is 12.1 Å². The molecule has 6 nitrogen and oxygen atoms in total. The lowest BCUT2D eigenvalue weighted by atomic mass is 10.1. The molecule has 0 saturated carbocycles. The Morgan fingerprint density at radius 1 is 1.14 bits per heavy atom. The monoisotopic (exact) mass is 406 g/mol. The Kier molecular flexibility index (Phi) is 4.38. The van der Waals surface area contributed by atoms with Crippen LogP contribution >= 0.6 is 11.6 Å². The Bertz CT molecular complexity index is 1230. The minimum atomic E-state index is -4.48. The number of aromatic nitrogens is 4. The second kappa shape index (κ2) is 6.75. The summed E-state index contributed by atoms with van der Waals surface area (Å²) >= 11 is 5.92. The second-order valence-corrected chi connectivity index (χ2v) is 6.37. The number of hydrogen-bond acceptors (Lipinski definition) is 5. The van der Waals surface area contributed by atoms with E-state index in [4.69, 9.17) is 16.1 Å². The molecule has 28 heavy (non-hydrogen) atoms. The quantitative estimate of drug-likeness (QED) is 0.510. The molecule has 4 aromatic rings. The van der Waals surface area contributed by atoms with Gasteiger partial charge in [-0.1, -0.05) is 28.9 Å². The summed E-state index contributed by atoms with van der Waals surface area (Å²) in [6.45, 7) is -0.0831. The van der Waals surface area contributed by atoms with Crippen molar-refractivity contribution in [2.45, 2.75) is 12.7 Å². The predicted molar refractivity (Wildman–Crippen MR) is 94.9 cm³/mol. The summed E-state index contributed by atoms with van der Waals surface area (Å²) in [5.41, 5.74) is -0.532. The normalized spacial score (nSPS) is 11.9. The largest absolute Gasteiger partial charge is 0.416 e. The van der Waals surface area contributed by atoms with Crippen LogP contribution in [-0.4, -0.2) is 19.7 Å². The lowest BCUT2D eigenvalue weighted by Gasteiger charge is -2.06. The van der Waals surface area contributed by atoms with Gasteiger partial charge in [-0.05, 0) is 30.3 Å². The summed E-state index contributed by atoms with van der Waals surface area (Å²) in [4.78, 5) is 20.8. The van der Waals surface area contributed by atoms with Crippen molar-refractivity contribution in [3.05, 3.63) is 75.6 Å². The molecular weight excluding hydrogens is 397 g/mol. The van der Waals surface area contributed by atoms with E-state index in [9.17, 15) is 18.0 Å². The highest BCUT2D eigenvalue weighted by Gasteiger charge is 2.30. The van der Waals surface area contributed by atoms with Gasteiger partial charge in [0.15, 0.2) is 0 Å². The van der Waals surface area contributed by atoms with Gasteiger partial charge >= 0.3 is 6.18 Å². The molecule has 2 aromatic carbocycles. The summed E-state index contributed by atoms with van der Waals surface area (Å²) < 4.78 is 44.9. The third-order valence-electron chi connectivity index (χ3n) is 4.01. The van der Waals surface area contributed by atoms with Gasteiger partial charge in [-0.2, -0.15) is 18.2 Å². The lowest BCUT2D eigenvalue weighted by molar-refractivity contribution is -0.137. The summed E-state index contributed by atoms with van der Waals surface area (Å²) in [7, 11) is 0. The van der Waals surface area contributed by atoms with Crippen molar-refractivity contribution >= 4 is 22.5 Å². The van der Waals surface area contributed by atoms with Crippen LogP contribution < -0.4 is 5.56 Å². The fourth-order valence-corrected chi connectivity index (χ4v) is 2.83. The van der Waals surface area contributed by atoms with E-state index in [-0.39, 0.29) is 29.4 Å². The summed E-state index contributed by atoms with van der Waals surface area (Å²) in [5, 5.41) is 4.43. The van der Waals surface area contributed by atoms with Crippen molar-refractivity contribution in [3.8, 4) is 11.4 Å². The Morgan fingerprint density at radius 2 is 1.96 bits per heavy atom. The molecule has 142 valence electrons. The number of halogens is 4. The maximum Gasteiger partial charge on any atom is 0.416 e. The number of fused-ring (bicyclic) bond motifs is 1. The van der Waals surface area contributed by atoms with Gasteiger partial charge in [0.1, 0.15) is 6.54 Å². The van der Waals surface area contributed by atoms with Crippen LogP contribution in [0.1, 0.15) is 11.5 Å². The van der Waals surface area contributed by atoms with Crippen molar-refractivity contribution < 1.29 is 17.7 Å². The number of alkyl halides is 3. The zero-order valence-corrected chi connectivity index (χ0v) is 14.7.